The molecule has 1 saturated heterocycles. The molecule has 1 atom stereocenters. The molecule has 0 amide bonds. The summed E-state index contributed by atoms with van der Waals surface area (Å²) in [4.78, 5) is 0. The van der Waals surface area contributed by atoms with Crippen LogP contribution in [-0.2, 0) is 26.4 Å². The molecule has 186 valence electrons. The number of para-hydroxylation sites is 1. The summed E-state index contributed by atoms with van der Waals surface area (Å²) in [6.07, 6.45) is 3.54. The summed E-state index contributed by atoms with van der Waals surface area (Å²) in [5.74, 6) is 0.850. The molecule has 1 fully saturated rings. The van der Waals surface area contributed by atoms with Crippen LogP contribution in [0.5, 0.6) is 5.75 Å². The van der Waals surface area contributed by atoms with Gasteiger partial charge in [0, 0.05) is 0 Å². The minimum atomic E-state index is -1.77. The molecule has 0 aromatic heterocycles. The second kappa shape index (κ2) is 12.3. The summed E-state index contributed by atoms with van der Waals surface area (Å²) in [6, 6.07) is 14.9. The average molecular weight is 579 g/mol. The Labute approximate surface area is 214 Å². The van der Waals surface area contributed by atoms with Crippen molar-refractivity contribution >= 4 is 24.0 Å². The zero-order valence-corrected chi connectivity index (χ0v) is 24.6. The Balaban J connectivity index is 0.000000245. The fourth-order valence-corrected chi connectivity index (χ4v) is 6.69. The first kappa shape index (κ1) is 28.5. The predicted molar refractivity (Wildman–Crippen MR) is 143 cm³/mol. The van der Waals surface area contributed by atoms with Gasteiger partial charge in [-0.15, -0.1) is 11.6 Å². The molecule has 1 aliphatic heterocycles. The molecule has 0 aliphatic carbocycles. The Morgan fingerprint density at radius 2 is 1.58 bits per heavy atom. The first-order chi connectivity index (χ1) is 15.4. The monoisotopic (exact) mass is 578 g/mol. The van der Waals surface area contributed by atoms with E-state index in [-0.39, 0.29) is 17.1 Å². The van der Waals surface area contributed by atoms with Crippen molar-refractivity contribution in [1.82, 2.24) is 0 Å². The van der Waals surface area contributed by atoms with Crippen LogP contribution in [0.2, 0.25) is 0 Å². The third-order valence-corrected chi connectivity index (χ3v) is 7.73. The number of nitrogens with zero attached hydrogens (tertiary/aromatic N) is 1. The first-order valence-electron chi connectivity index (χ1n) is 11.8. The minimum Gasteiger partial charge on any atom is -0.650 e. The van der Waals surface area contributed by atoms with Gasteiger partial charge in [-0.2, -0.15) is 0 Å². The molecule has 0 N–H and O–H groups in total. The smallest absolute Gasteiger partial charge is 0.0305 e. The summed E-state index contributed by atoms with van der Waals surface area (Å²) in [5, 5.41) is 5.16. The summed E-state index contributed by atoms with van der Waals surface area (Å²) in [7, 11) is 11.6. The quantitative estimate of drug-likeness (QED) is 0.314. The van der Waals surface area contributed by atoms with Gasteiger partial charge >= 0.3 is 97.8 Å². The largest absolute Gasteiger partial charge is 0.650 e. The SMILES string of the molecule is CC(C)Oc1ccccc1[CH]=[Ru]([Cl])[Cl].CCc1cccc(CC)c1C1[N-]C(C)(C)CC1(C)C. The summed E-state index contributed by atoms with van der Waals surface area (Å²) in [5.41, 5.74) is 5.85. The number of hydrogen-bond acceptors (Lipinski definition) is 1. The third kappa shape index (κ3) is 8.17. The van der Waals surface area contributed by atoms with E-state index in [0.717, 1.165) is 24.2 Å². The second-order valence-corrected chi connectivity index (χ2v) is 15.9. The van der Waals surface area contributed by atoms with E-state index in [2.05, 4.69) is 59.7 Å². The van der Waals surface area contributed by atoms with Crippen LogP contribution in [0, 0.1) is 5.41 Å². The Morgan fingerprint density at radius 3 is 2.03 bits per heavy atom. The molecule has 1 heterocycles. The molecular formula is C28H40Cl2NORu-. The van der Waals surface area contributed by atoms with Crippen LogP contribution < -0.4 is 4.74 Å². The normalized spacial score (nSPS) is 19.0. The van der Waals surface area contributed by atoms with E-state index in [9.17, 15) is 0 Å². The van der Waals surface area contributed by atoms with Gasteiger partial charge in [-0.05, 0) is 29.4 Å². The molecule has 1 unspecified atom stereocenters. The van der Waals surface area contributed by atoms with E-state index >= 15 is 0 Å². The van der Waals surface area contributed by atoms with Crippen LogP contribution in [-0.4, -0.2) is 16.3 Å². The van der Waals surface area contributed by atoms with Crippen LogP contribution >= 0.6 is 19.4 Å². The van der Waals surface area contributed by atoms with Crippen LogP contribution in [0.3, 0.4) is 0 Å². The maximum Gasteiger partial charge on any atom is -0.0305 e. The second-order valence-electron chi connectivity index (χ2n) is 10.2. The maximum absolute atomic E-state index is 5.82. The van der Waals surface area contributed by atoms with Gasteiger partial charge in [-0.3, -0.25) is 0 Å². The van der Waals surface area contributed by atoms with Gasteiger partial charge in [0.2, 0.25) is 0 Å². The Kier molecular flexibility index (Phi) is 10.6. The molecule has 0 radical (unpaired) electrons. The number of rotatable bonds is 6. The zero-order chi connectivity index (χ0) is 24.8. The van der Waals surface area contributed by atoms with Crippen molar-refractivity contribution in [3.05, 3.63) is 70.0 Å². The van der Waals surface area contributed by atoms with E-state index in [1.165, 1.54) is 23.1 Å². The average Bonchev–Trinajstić information content (AvgIpc) is 2.95. The van der Waals surface area contributed by atoms with Crippen LogP contribution in [0.4, 0.5) is 0 Å². The summed E-state index contributed by atoms with van der Waals surface area (Å²) < 4.78 is 7.51. The van der Waals surface area contributed by atoms with Crippen molar-refractivity contribution in [2.24, 2.45) is 5.41 Å². The standard InChI is InChI=1S/C18H28N.C10H12O.2ClH.Ru/c1-7-13-10-9-11-14(8-2)15(13)16-17(3,4)12-18(5,6)19-16;1-8(2)11-10-7-5-4-6-9(10)3;;;/h9-11,16H,7-8,12H2,1-6H3;3-8H,1-2H3;2*1H;/q-1;;;;+2/p-2. The topological polar surface area (TPSA) is 23.3 Å². The van der Waals surface area contributed by atoms with E-state index in [0.29, 0.717) is 6.04 Å². The van der Waals surface area contributed by atoms with Gasteiger partial charge in [-0.25, -0.2) is 0 Å². The van der Waals surface area contributed by atoms with Crippen molar-refractivity contribution in [3.63, 3.8) is 0 Å². The zero-order valence-electron chi connectivity index (χ0n) is 21.4. The van der Waals surface area contributed by atoms with Crippen molar-refractivity contribution in [2.45, 2.75) is 92.3 Å². The molecule has 2 nitrogen and oxygen atoms in total. The van der Waals surface area contributed by atoms with E-state index < -0.39 is 13.5 Å². The molecule has 3 rings (SSSR count). The van der Waals surface area contributed by atoms with Crippen molar-refractivity contribution in [3.8, 4) is 5.75 Å². The van der Waals surface area contributed by atoms with Crippen LogP contribution in [0.15, 0.2) is 42.5 Å². The Hall–Kier alpha value is -0.727. The Morgan fingerprint density at radius 1 is 1.00 bits per heavy atom. The molecule has 5 heteroatoms. The van der Waals surface area contributed by atoms with Crippen molar-refractivity contribution in [1.29, 1.82) is 0 Å². The number of benzene rings is 2. The van der Waals surface area contributed by atoms with E-state index in [1.807, 2.05) is 42.7 Å². The summed E-state index contributed by atoms with van der Waals surface area (Å²) in [6.45, 7) is 17.8. The fourth-order valence-electron chi connectivity index (χ4n) is 4.88. The molecular weight excluding hydrogens is 538 g/mol. The third-order valence-electron chi connectivity index (χ3n) is 5.90. The van der Waals surface area contributed by atoms with E-state index in [4.69, 9.17) is 29.4 Å². The number of hydrogen-bond donors (Lipinski definition) is 0. The van der Waals surface area contributed by atoms with Crippen LogP contribution in [0.1, 0.15) is 90.1 Å². The van der Waals surface area contributed by atoms with Gasteiger partial charge in [0.1, 0.15) is 0 Å². The fraction of sp³-hybridized carbons (Fsp3) is 0.536. The van der Waals surface area contributed by atoms with Gasteiger partial charge in [0.25, 0.3) is 0 Å². The summed E-state index contributed by atoms with van der Waals surface area (Å²) >= 11 is -1.77. The Bertz CT molecular complexity index is 926. The van der Waals surface area contributed by atoms with Crippen molar-refractivity contribution in [2.75, 3.05) is 0 Å². The molecule has 0 spiro atoms. The molecule has 2 aromatic carbocycles. The molecule has 0 bridgehead atoms. The number of ether oxygens (including phenoxy) is 1. The van der Waals surface area contributed by atoms with Gasteiger partial charge in [0.15, 0.2) is 0 Å². The van der Waals surface area contributed by atoms with Gasteiger partial charge in [0.05, 0.1) is 0 Å². The number of halogens is 2. The van der Waals surface area contributed by atoms with Gasteiger partial charge in [-0.1, -0.05) is 71.7 Å². The molecule has 0 saturated carbocycles. The number of aryl methyl sites for hydroxylation is 2. The first-order valence-corrected chi connectivity index (χ1v) is 17.3. The van der Waals surface area contributed by atoms with E-state index in [1.54, 1.807) is 0 Å². The molecule has 1 aliphatic rings. The predicted octanol–water partition coefficient (Wildman–Crippen LogP) is 8.98. The molecule has 2 aromatic rings. The maximum atomic E-state index is 5.82. The van der Waals surface area contributed by atoms with Gasteiger partial charge < -0.3 is 5.32 Å². The van der Waals surface area contributed by atoms with Crippen LogP contribution in [0.25, 0.3) is 5.32 Å². The van der Waals surface area contributed by atoms with Crippen molar-refractivity contribution < 1.29 is 18.3 Å². The minimum absolute atomic E-state index is 0.111. The molecule has 33 heavy (non-hydrogen) atoms.